The van der Waals surface area contributed by atoms with E-state index in [9.17, 15) is 9.59 Å². The molecule has 1 amide bonds. The third kappa shape index (κ3) is 3.73. The summed E-state index contributed by atoms with van der Waals surface area (Å²) in [6, 6.07) is 14.2. The Hall–Kier alpha value is -3.94. The van der Waals surface area contributed by atoms with Gasteiger partial charge in [0, 0.05) is 29.7 Å². The molecule has 29 heavy (non-hydrogen) atoms. The smallest absolute Gasteiger partial charge is 0.337 e. The molecule has 8 nitrogen and oxygen atoms in total. The fourth-order valence-electron chi connectivity index (χ4n) is 3.12. The molecular weight excluding hydrogens is 372 g/mol. The SMILES string of the molecule is COC(=O)c1ccc(NC(=O)Cn2cc(-c3nnc(C)o3)c3ccccc32)cc1. The number of carbonyl (C=O) groups is 2. The van der Waals surface area contributed by atoms with Crippen LogP contribution >= 0.6 is 0 Å². The summed E-state index contributed by atoms with van der Waals surface area (Å²) in [6.07, 6.45) is 1.83. The molecule has 1 N–H and O–H groups in total. The minimum absolute atomic E-state index is 0.104. The molecule has 0 radical (unpaired) electrons. The number of amides is 1. The highest BCUT2D eigenvalue weighted by atomic mass is 16.5. The minimum atomic E-state index is -0.425. The number of rotatable bonds is 5. The van der Waals surface area contributed by atoms with Crippen LogP contribution in [0.4, 0.5) is 5.69 Å². The van der Waals surface area contributed by atoms with Gasteiger partial charge in [0.05, 0.1) is 18.2 Å². The Kier molecular flexibility index (Phi) is 4.82. The molecule has 0 aliphatic heterocycles. The zero-order valence-electron chi connectivity index (χ0n) is 15.9. The van der Waals surface area contributed by atoms with Gasteiger partial charge in [-0.05, 0) is 30.3 Å². The van der Waals surface area contributed by atoms with Gasteiger partial charge < -0.3 is 19.0 Å². The van der Waals surface area contributed by atoms with E-state index in [1.54, 1.807) is 31.2 Å². The number of nitrogens with zero attached hydrogens (tertiary/aromatic N) is 3. The highest BCUT2D eigenvalue weighted by Gasteiger charge is 2.16. The summed E-state index contributed by atoms with van der Waals surface area (Å²) < 4.78 is 12.1. The lowest BCUT2D eigenvalue weighted by Crippen LogP contribution is -2.18. The molecule has 0 atom stereocenters. The molecule has 0 aliphatic carbocycles. The van der Waals surface area contributed by atoms with E-state index in [0.717, 1.165) is 16.5 Å². The number of para-hydroxylation sites is 1. The summed E-state index contributed by atoms with van der Waals surface area (Å²) >= 11 is 0. The average molecular weight is 390 g/mol. The monoisotopic (exact) mass is 390 g/mol. The van der Waals surface area contributed by atoms with Crippen LogP contribution in [0, 0.1) is 6.92 Å². The van der Waals surface area contributed by atoms with Crippen molar-refractivity contribution >= 4 is 28.5 Å². The number of hydrogen-bond donors (Lipinski definition) is 1. The fourth-order valence-corrected chi connectivity index (χ4v) is 3.12. The third-order valence-electron chi connectivity index (χ3n) is 4.45. The van der Waals surface area contributed by atoms with Crippen molar-refractivity contribution in [3.63, 3.8) is 0 Å². The van der Waals surface area contributed by atoms with E-state index >= 15 is 0 Å². The van der Waals surface area contributed by atoms with E-state index in [4.69, 9.17) is 4.42 Å². The van der Waals surface area contributed by atoms with E-state index in [1.807, 2.05) is 35.0 Å². The van der Waals surface area contributed by atoms with E-state index in [1.165, 1.54) is 7.11 Å². The van der Waals surface area contributed by atoms with E-state index in [-0.39, 0.29) is 12.5 Å². The van der Waals surface area contributed by atoms with Gasteiger partial charge in [0.2, 0.25) is 17.7 Å². The Morgan fingerprint density at radius 2 is 1.86 bits per heavy atom. The summed E-state index contributed by atoms with van der Waals surface area (Å²) in [4.78, 5) is 24.1. The molecule has 0 aliphatic rings. The maximum Gasteiger partial charge on any atom is 0.337 e. The summed E-state index contributed by atoms with van der Waals surface area (Å²) in [5.41, 5.74) is 2.67. The molecule has 4 aromatic rings. The zero-order valence-corrected chi connectivity index (χ0v) is 15.9. The van der Waals surface area contributed by atoms with Crippen LogP contribution in [0.1, 0.15) is 16.2 Å². The number of carbonyl (C=O) groups excluding carboxylic acids is 2. The van der Waals surface area contributed by atoms with Crippen LogP contribution in [0.25, 0.3) is 22.4 Å². The van der Waals surface area contributed by atoms with Crippen molar-refractivity contribution in [2.24, 2.45) is 0 Å². The number of aromatic nitrogens is 3. The Morgan fingerprint density at radius 1 is 1.10 bits per heavy atom. The molecule has 8 heteroatoms. The Balaban J connectivity index is 1.56. The maximum atomic E-state index is 12.6. The quantitative estimate of drug-likeness (QED) is 0.524. The first-order valence-electron chi connectivity index (χ1n) is 8.92. The molecule has 0 saturated carbocycles. The second-order valence-corrected chi connectivity index (χ2v) is 6.43. The largest absolute Gasteiger partial charge is 0.465 e. The number of fused-ring (bicyclic) bond motifs is 1. The Morgan fingerprint density at radius 3 is 2.55 bits per heavy atom. The second-order valence-electron chi connectivity index (χ2n) is 6.43. The first kappa shape index (κ1) is 18.4. The zero-order chi connectivity index (χ0) is 20.4. The predicted octanol–water partition coefficient (Wildman–Crippen LogP) is 3.43. The highest BCUT2D eigenvalue weighted by Crippen LogP contribution is 2.29. The van der Waals surface area contributed by atoms with Crippen molar-refractivity contribution in [1.82, 2.24) is 14.8 Å². The van der Waals surface area contributed by atoms with Gasteiger partial charge >= 0.3 is 5.97 Å². The predicted molar refractivity (Wildman–Crippen MR) is 106 cm³/mol. The second kappa shape index (κ2) is 7.59. The van der Waals surface area contributed by atoms with Gasteiger partial charge in [-0.25, -0.2) is 4.79 Å². The van der Waals surface area contributed by atoms with Gasteiger partial charge in [-0.2, -0.15) is 0 Å². The number of nitrogens with one attached hydrogen (secondary N) is 1. The number of benzene rings is 2. The van der Waals surface area contributed by atoms with Crippen molar-refractivity contribution in [2.45, 2.75) is 13.5 Å². The van der Waals surface area contributed by atoms with Crippen molar-refractivity contribution in [2.75, 3.05) is 12.4 Å². The number of methoxy groups -OCH3 is 1. The minimum Gasteiger partial charge on any atom is -0.465 e. The number of esters is 1. The van der Waals surface area contributed by atoms with Crippen LogP contribution in [-0.2, 0) is 16.1 Å². The van der Waals surface area contributed by atoms with Crippen LogP contribution in [-0.4, -0.2) is 33.8 Å². The van der Waals surface area contributed by atoms with Gasteiger partial charge in [0.25, 0.3) is 0 Å². The van der Waals surface area contributed by atoms with Crippen LogP contribution in [0.3, 0.4) is 0 Å². The molecule has 2 heterocycles. The molecule has 146 valence electrons. The molecule has 0 saturated heterocycles. The first-order chi connectivity index (χ1) is 14.0. The lowest BCUT2D eigenvalue weighted by Gasteiger charge is -2.08. The van der Waals surface area contributed by atoms with Gasteiger partial charge in [-0.1, -0.05) is 18.2 Å². The van der Waals surface area contributed by atoms with Crippen LogP contribution in [0.15, 0.2) is 59.1 Å². The normalized spacial score (nSPS) is 10.8. The van der Waals surface area contributed by atoms with Crippen molar-refractivity contribution in [3.8, 4) is 11.5 Å². The number of anilines is 1. The van der Waals surface area contributed by atoms with Gasteiger partial charge in [0.1, 0.15) is 6.54 Å². The van der Waals surface area contributed by atoms with Gasteiger partial charge in [0.15, 0.2) is 0 Å². The van der Waals surface area contributed by atoms with Crippen LogP contribution < -0.4 is 5.32 Å². The number of hydrogen-bond acceptors (Lipinski definition) is 6. The molecule has 0 bridgehead atoms. The molecule has 0 unspecified atom stereocenters. The first-order valence-corrected chi connectivity index (χ1v) is 8.92. The van der Waals surface area contributed by atoms with Crippen molar-refractivity contribution in [3.05, 3.63) is 66.2 Å². The summed E-state index contributed by atoms with van der Waals surface area (Å²) in [6.45, 7) is 1.83. The number of aryl methyl sites for hydroxylation is 1. The van der Waals surface area contributed by atoms with E-state index in [0.29, 0.717) is 23.0 Å². The maximum absolute atomic E-state index is 12.6. The average Bonchev–Trinajstić information content (AvgIpc) is 3.32. The summed E-state index contributed by atoms with van der Waals surface area (Å²) in [5.74, 6) is 0.261. The molecule has 2 aromatic heterocycles. The molecule has 2 aromatic carbocycles. The van der Waals surface area contributed by atoms with E-state index in [2.05, 4.69) is 20.3 Å². The van der Waals surface area contributed by atoms with Crippen LogP contribution in [0.5, 0.6) is 0 Å². The number of ether oxygens (including phenoxy) is 1. The Labute approximate surface area is 166 Å². The van der Waals surface area contributed by atoms with Crippen LogP contribution in [0.2, 0.25) is 0 Å². The highest BCUT2D eigenvalue weighted by molar-refractivity contribution is 5.97. The van der Waals surface area contributed by atoms with Gasteiger partial charge in [-0.15, -0.1) is 10.2 Å². The summed E-state index contributed by atoms with van der Waals surface area (Å²) in [5, 5.41) is 11.7. The lowest BCUT2D eigenvalue weighted by molar-refractivity contribution is -0.116. The molecule has 4 rings (SSSR count). The van der Waals surface area contributed by atoms with E-state index < -0.39 is 5.97 Å². The molecular formula is C21H18N4O4. The molecule has 0 spiro atoms. The van der Waals surface area contributed by atoms with Gasteiger partial charge in [-0.3, -0.25) is 4.79 Å². The summed E-state index contributed by atoms with van der Waals surface area (Å²) in [7, 11) is 1.32. The lowest BCUT2D eigenvalue weighted by atomic mass is 10.2. The van der Waals surface area contributed by atoms with Crippen molar-refractivity contribution < 1.29 is 18.7 Å². The van der Waals surface area contributed by atoms with Crippen molar-refractivity contribution in [1.29, 1.82) is 0 Å². The topological polar surface area (TPSA) is 99.2 Å². The fraction of sp³-hybridized carbons (Fsp3) is 0.143. The molecule has 0 fully saturated rings. The third-order valence-corrected chi connectivity index (χ3v) is 4.45. The Bertz CT molecular complexity index is 1190. The standard InChI is InChI=1S/C21H18N4O4/c1-13-23-24-20(29-13)17-11-25(18-6-4-3-5-16(17)18)12-19(26)22-15-9-7-14(8-10-15)21(27)28-2/h3-11H,12H2,1-2H3,(H,22,26).